The smallest absolute Gasteiger partial charge is 0.286 e. The van der Waals surface area contributed by atoms with Crippen LogP contribution in [0.1, 0.15) is 76.3 Å². The molecule has 2 aromatic carbocycles. The maximum atomic E-state index is 13.3. The summed E-state index contributed by atoms with van der Waals surface area (Å²) in [5.74, 6) is 0.179. The van der Waals surface area contributed by atoms with E-state index in [1.165, 1.54) is 19.3 Å². The molecule has 0 aromatic heterocycles. The fourth-order valence-corrected chi connectivity index (χ4v) is 5.61. The lowest BCUT2D eigenvalue weighted by molar-refractivity contribution is -0.135. The molecule has 1 N–H and O–H groups in total. The highest BCUT2D eigenvalue weighted by atomic mass is 32.2. The van der Waals surface area contributed by atoms with Crippen LogP contribution in [0.5, 0.6) is 0 Å². The van der Waals surface area contributed by atoms with E-state index in [-0.39, 0.29) is 28.2 Å². The molecule has 0 bridgehead atoms. The molecule has 1 aliphatic heterocycles. The summed E-state index contributed by atoms with van der Waals surface area (Å²) in [4.78, 5) is 38.4. The van der Waals surface area contributed by atoms with Gasteiger partial charge in [0.2, 0.25) is 11.8 Å². The largest absolute Gasteiger partial charge is 0.341 e. The number of carbonyl (C=O) groups excluding carboxylic acids is 3. The predicted molar refractivity (Wildman–Crippen MR) is 149 cm³/mol. The third kappa shape index (κ3) is 8.22. The highest BCUT2D eigenvalue weighted by Crippen LogP contribution is 2.26. The van der Waals surface area contributed by atoms with E-state index >= 15 is 0 Å². The minimum Gasteiger partial charge on any atom is -0.341 e. The monoisotopic (exact) mass is 508 g/mol. The van der Waals surface area contributed by atoms with Crippen molar-refractivity contribution < 1.29 is 14.4 Å². The van der Waals surface area contributed by atoms with Crippen LogP contribution in [0.2, 0.25) is 0 Å². The van der Waals surface area contributed by atoms with Gasteiger partial charge < -0.3 is 4.90 Å². The molecule has 194 valence electrons. The summed E-state index contributed by atoms with van der Waals surface area (Å²) in [6.45, 7) is 5.00. The number of hydrogen-bond acceptors (Lipinski definition) is 4. The van der Waals surface area contributed by atoms with Gasteiger partial charge in [-0.05, 0) is 47.6 Å². The quantitative estimate of drug-likeness (QED) is 0.280. The fraction of sp³-hybridized carbons (Fsp3) is 0.500. The second kappa shape index (κ2) is 14.2. The van der Waals surface area contributed by atoms with E-state index in [0.29, 0.717) is 13.0 Å². The molecule has 2 unspecified atom stereocenters. The fourth-order valence-electron chi connectivity index (χ4n) is 4.75. The van der Waals surface area contributed by atoms with Crippen LogP contribution in [0.25, 0.3) is 11.1 Å². The molecule has 1 fully saturated rings. The van der Waals surface area contributed by atoms with Crippen molar-refractivity contribution in [3.63, 3.8) is 0 Å². The van der Waals surface area contributed by atoms with Gasteiger partial charge in [0.25, 0.3) is 5.24 Å². The lowest BCUT2D eigenvalue weighted by atomic mass is 9.93. The van der Waals surface area contributed by atoms with Gasteiger partial charge >= 0.3 is 0 Å². The lowest BCUT2D eigenvalue weighted by Gasteiger charge is -2.24. The molecule has 36 heavy (non-hydrogen) atoms. The van der Waals surface area contributed by atoms with Crippen LogP contribution < -0.4 is 5.32 Å². The average molecular weight is 509 g/mol. The average Bonchev–Trinajstić information content (AvgIpc) is 3.19. The Morgan fingerprint density at radius 3 is 2.31 bits per heavy atom. The number of carbonyl (C=O) groups is 3. The number of nitrogens with zero attached hydrogens (tertiary/aromatic N) is 1. The highest BCUT2D eigenvalue weighted by molar-refractivity contribution is 8.15. The van der Waals surface area contributed by atoms with Crippen LogP contribution in [0.3, 0.4) is 0 Å². The van der Waals surface area contributed by atoms with Crippen molar-refractivity contribution in [2.45, 2.75) is 83.4 Å². The van der Waals surface area contributed by atoms with Gasteiger partial charge in [0.1, 0.15) is 0 Å². The van der Waals surface area contributed by atoms with Gasteiger partial charge in [-0.2, -0.15) is 0 Å². The number of imide groups is 1. The standard InChI is InChI=1S/C30H40N2O3S/c1-4-6-8-9-13-25(12-7-5-2)29(34)32(3)21-23-11-10-14-26(19-23)24-17-15-22(16-18-24)20-27-28(33)31-30(35)36-27/h10-11,14-19,25,27H,4-9,12-13,20-21H2,1-3H3,(H,31,33,35). The molecule has 1 heterocycles. The second-order valence-corrected chi connectivity index (χ2v) is 11.0. The molecule has 0 spiro atoms. The Morgan fingerprint density at radius 2 is 1.64 bits per heavy atom. The first-order valence-corrected chi connectivity index (χ1v) is 14.2. The number of rotatable bonds is 14. The van der Waals surface area contributed by atoms with Crippen molar-refractivity contribution in [2.75, 3.05) is 7.05 Å². The van der Waals surface area contributed by atoms with Crippen molar-refractivity contribution in [2.24, 2.45) is 5.92 Å². The van der Waals surface area contributed by atoms with Crippen LogP contribution in [-0.2, 0) is 22.6 Å². The van der Waals surface area contributed by atoms with Crippen LogP contribution in [0.15, 0.2) is 48.5 Å². The Morgan fingerprint density at radius 1 is 0.917 bits per heavy atom. The van der Waals surface area contributed by atoms with Gasteiger partial charge in [-0.3, -0.25) is 19.7 Å². The van der Waals surface area contributed by atoms with Crippen LogP contribution in [0, 0.1) is 5.92 Å². The molecule has 2 atom stereocenters. The Bertz CT molecular complexity index is 1020. The summed E-state index contributed by atoms with van der Waals surface area (Å²) in [7, 11) is 1.93. The van der Waals surface area contributed by atoms with Gasteiger partial charge in [-0.25, -0.2) is 0 Å². The molecular formula is C30H40N2O3S. The molecule has 0 saturated carbocycles. The van der Waals surface area contributed by atoms with E-state index in [1.54, 1.807) is 0 Å². The molecule has 0 radical (unpaired) electrons. The first kappa shape index (κ1) is 28.0. The van der Waals surface area contributed by atoms with Gasteiger partial charge in [-0.15, -0.1) is 0 Å². The van der Waals surface area contributed by atoms with Gasteiger partial charge in [0, 0.05) is 19.5 Å². The van der Waals surface area contributed by atoms with Gasteiger partial charge in [-0.1, -0.05) is 107 Å². The third-order valence-electron chi connectivity index (χ3n) is 6.86. The van der Waals surface area contributed by atoms with Crippen LogP contribution in [0.4, 0.5) is 4.79 Å². The minimum atomic E-state index is -0.354. The maximum Gasteiger partial charge on any atom is 0.286 e. The van der Waals surface area contributed by atoms with Gasteiger partial charge in [0.05, 0.1) is 5.25 Å². The molecule has 6 heteroatoms. The highest BCUT2D eigenvalue weighted by Gasteiger charge is 2.31. The first-order chi connectivity index (χ1) is 17.4. The van der Waals surface area contributed by atoms with Crippen LogP contribution in [-0.4, -0.2) is 34.3 Å². The first-order valence-electron chi connectivity index (χ1n) is 13.4. The summed E-state index contributed by atoms with van der Waals surface area (Å²) in [6, 6.07) is 16.5. The van der Waals surface area contributed by atoms with Crippen molar-refractivity contribution >= 4 is 28.8 Å². The van der Waals surface area contributed by atoms with Gasteiger partial charge in [0.15, 0.2) is 0 Å². The number of nitrogens with one attached hydrogen (secondary N) is 1. The lowest BCUT2D eigenvalue weighted by Crippen LogP contribution is -2.32. The molecule has 1 aliphatic rings. The summed E-state index contributed by atoms with van der Waals surface area (Å²) in [5, 5.41) is 1.72. The van der Waals surface area contributed by atoms with Crippen LogP contribution >= 0.6 is 11.8 Å². The Hall–Kier alpha value is -2.60. The van der Waals surface area contributed by atoms with Crippen molar-refractivity contribution in [3.8, 4) is 11.1 Å². The molecule has 2 aromatic rings. The Balaban J connectivity index is 1.61. The SMILES string of the molecule is CCCCCCC(CCCC)C(=O)N(C)Cc1cccc(-c2ccc(CC3SC(=O)NC3=O)cc2)c1. The number of amides is 3. The Labute approximate surface area is 220 Å². The number of hydrogen-bond donors (Lipinski definition) is 1. The second-order valence-electron chi connectivity index (χ2n) is 9.87. The minimum absolute atomic E-state index is 0.123. The van der Waals surface area contributed by atoms with Crippen molar-refractivity contribution in [1.82, 2.24) is 10.2 Å². The van der Waals surface area contributed by atoms with Crippen molar-refractivity contribution in [3.05, 3.63) is 59.7 Å². The summed E-state index contributed by atoms with van der Waals surface area (Å²) >= 11 is 1.06. The third-order valence-corrected chi connectivity index (χ3v) is 7.84. The topological polar surface area (TPSA) is 66.5 Å². The summed E-state index contributed by atoms with van der Waals surface area (Å²) in [5.41, 5.74) is 4.33. The number of benzene rings is 2. The number of unbranched alkanes of at least 4 members (excludes halogenated alkanes) is 4. The zero-order chi connectivity index (χ0) is 25.9. The molecular weight excluding hydrogens is 468 g/mol. The van der Waals surface area contributed by atoms with E-state index in [4.69, 9.17) is 0 Å². The molecule has 1 saturated heterocycles. The normalized spacial score (nSPS) is 16.1. The molecule has 5 nitrogen and oxygen atoms in total. The van der Waals surface area contributed by atoms with Crippen molar-refractivity contribution in [1.29, 1.82) is 0 Å². The van der Waals surface area contributed by atoms with E-state index in [9.17, 15) is 14.4 Å². The van der Waals surface area contributed by atoms with E-state index in [1.807, 2.05) is 30.1 Å². The van der Waals surface area contributed by atoms with E-state index in [2.05, 4.69) is 49.5 Å². The van der Waals surface area contributed by atoms with E-state index in [0.717, 1.165) is 66.1 Å². The maximum absolute atomic E-state index is 13.3. The summed E-state index contributed by atoms with van der Waals surface area (Å²) < 4.78 is 0. The molecule has 0 aliphatic carbocycles. The Kier molecular flexibility index (Phi) is 11.1. The predicted octanol–water partition coefficient (Wildman–Crippen LogP) is 6.98. The summed E-state index contributed by atoms with van der Waals surface area (Å²) in [6.07, 6.45) is 9.52. The zero-order valence-electron chi connectivity index (χ0n) is 21.9. The number of thioether (sulfide) groups is 1. The molecule has 3 amide bonds. The van der Waals surface area contributed by atoms with E-state index < -0.39 is 0 Å². The zero-order valence-corrected chi connectivity index (χ0v) is 22.7. The molecule has 3 rings (SSSR count).